The molecular weight excluding hydrogens is 372 g/mol. The van der Waals surface area contributed by atoms with Crippen molar-refractivity contribution in [2.24, 2.45) is 5.73 Å². The summed E-state index contributed by atoms with van der Waals surface area (Å²) in [6.07, 6.45) is 3.25. The van der Waals surface area contributed by atoms with Gasteiger partial charge in [0.25, 0.3) is 5.91 Å². The topological polar surface area (TPSA) is 119 Å². The average molecular weight is 394 g/mol. The molecule has 2 aromatic heterocycles. The molecule has 2 atom stereocenters. The third kappa shape index (κ3) is 3.98. The molecule has 0 unspecified atom stereocenters. The number of aromatic nitrogens is 2. The summed E-state index contributed by atoms with van der Waals surface area (Å²) >= 11 is 0. The second kappa shape index (κ2) is 8.02. The lowest BCUT2D eigenvalue weighted by Gasteiger charge is -2.28. The van der Waals surface area contributed by atoms with Crippen LogP contribution in [0.3, 0.4) is 0 Å². The molecule has 8 heteroatoms. The van der Waals surface area contributed by atoms with Gasteiger partial charge in [0.1, 0.15) is 5.52 Å². The fourth-order valence-electron chi connectivity index (χ4n) is 3.53. The van der Waals surface area contributed by atoms with Crippen molar-refractivity contribution in [2.45, 2.75) is 25.1 Å². The van der Waals surface area contributed by atoms with Gasteiger partial charge in [0.05, 0.1) is 29.8 Å². The van der Waals surface area contributed by atoms with Crippen LogP contribution in [0.25, 0.3) is 11.0 Å². The number of carbonyl (C=O) groups is 2. The molecule has 2 amide bonds. The molecule has 150 valence electrons. The normalized spacial score (nSPS) is 19.2. The Labute approximate surface area is 167 Å². The first kappa shape index (κ1) is 19.1. The quantitative estimate of drug-likeness (QED) is 0.598. The van der Waals surface area contributed by atoms with Crippen molar-refractivity contribution in [1.29, 1.82) is 0 Å². The molecule has 29 heavy (non-hydrogen) atoms. The summed E-state index contributed by atoms with van der Waals surface area (Å²) in [4.78, 5) is 28.5. The van der Waals surface area contributed by atoms with Crippen molar-refractivity contribution in [2.75, 3.05) is 13.2 Å². The Morgan fingerprint density at radius 3 is 2.79 bits per heavy atom. The number of pyridine rings is 1. The van der Waals surface area contributed by atoms with E-state index >= 15 is 0 Å². The Balaban J connectivity index is 1.61. The van der Waals surface area contributed by atoms with Gasteiger partial charge in [-0.15, -0.1) is 0 Å². The smallest absolute Gasteiger partial charge is 0.255 e. The highest BCUT2D eigenvalue weighted by Gasteiger charge is 2.27. The summed E-state index contributed by atoms with van der Waals surface area (Å²) in [5.74, 6) is -0.746. The highest BCUT2D eigenvalue weighted by molar-refractivity contribution is 6.05. The number of ether oxygens (including phenoxy) is 1. The predicted molar refractivity (Wildman–Crippen MR) is 106 cm³/mol. The van der Waals surface area contributed by atoms with Crippen LogP contribution in [0.15, 0.2) is 48.8 Å². The van der Waals surface area contributed by atoms with Gasteiger partial charge in [-0.2, -0.15) is 0 Å². The van der Waals surface area contributed by atoms with Gasteiger partial charge < -0.3 is 25.5 Å². The first-order chi connectivity index (χ1) is 14.0. The molecule has 1 fully saturated rings. The van der Waals surface area contributed by atoms with E-state index in [1.54, 1.807) is 24.5 Å². The van der Waals surface area contributed by atoms with Crippen molar-refractivity contribution >= 4 is 22.8 Å². The fraction of sp³-hybridized carbons (Fsp3) is 0.286. The zero-order chi connectivity index (χ0) is 20.4. The molecule has 1 aromatic carbocycles. The zero-order valence-corrected chi connectivity index (χ0v) is 15.7. The van der Waals surface area contributed by atoms with E-state index < -0.39 is 12.0 Å². The standard InChI is InChI=1S/C21H22N4O4/c22-20(27)14-5-3-13(4-6-14)10-25-11-15(19-17(25)2-1-8-23-19)21(28)24-16-7-9-29-12-18(16)26/h1-6,8,11,16,18,26H,7,9-10,12H2,(H2,22,27)(H,24,28)/t16-,18-/m0/s1. The monoisotopic (exact) mass is 394 g/mol. The number of rotatable bonds is 5. The van der Waals surface area contributed by atoms with Gasteiger partial charge in [-0.05, 0) is 36.2 Å². The third-order valence-electron chi connectivity index (χ3n) is 5.11. The summed E-state index contributed by atoms with van der Waals surface area (Å²) in [6, 6.07) is 10.4. The maximum Gasteiger partial charge on any atom is 0.255 e. The molecule has 4 rings (SSSR count). The molecule has 1 aliphatic heterocycles. The fourth-order valence-corrected chi connectivity index (χ4v) is 3.53. The summed E-state index contributed by atoms with van der Waals surface area (Å²) in [7, 11) is 0. The van der Waals surface area contributed by atoms with Crippen LogP contribution in [0, 0.1) is 0 Å². The summed E-state index contributed by atoms with van der Waals surface area (Å²) < 4.78 is 7.16. The predicted octanol–water partition coefficient (Wildman–Crippen LogP) is 1.06. The lowest BCUT2D eigenvalue weighted by atomic mass is 10.1. The van der Waals surface area contributed by atoms with E-state index in [0.717, 1.165) is 11.1 Å². The molecule has 0 bridgehead atoms. The number of hydrogen-bond donors (Lipinski definition) is 3. The van der Waals surface area contributed by atoms with Crippen LogP contribution in [-0.2, 0) is 11.3 Å². The number of hydrogen-bond acceptors (Lipinski definition) is 5. The van der Waals surface area contributed by atoms with Gasteiger partial charge in [0, 0.05) is 31.1 Å². The molecule has 3 heterocycles. The highest BCUT2D eigenvalue weighted by Crippen LogP contribution is 2.21. The molecule has 1 saturated heterocycles. The summed E-state index contributed by atoms with van der Waals surface area (Å²) in [5, 5.41) is 12.9. The largest absolute Gasteiger partial charge is 0.389 e. The molecule has 4 N–H and O–H groups in total. The summed E-state index contributed by atoms with van der Waals surface area (Å²) in [6.45, 7) is 1.23. The molecular formula is C21H22N4O4. The van der Waals surface area contributed by atoms with Crippen molar-refractivity contribution in [1.82, 2.24) is 14.9 Å². The van der Waals surface area contributed by atoms with E-state index in [0.29, 0.717) is 36.2 Å². The average Bonchev–Trinajstić information content (AvgIpc) is 3.09. The molecule has 0 radical (unpaired) electrons. The number of nitrogens with two attached hydrogens (primary N) is 1. The maximum absolute atomic E-state index is 12.9. The third-order valence-corrected chi connectivity index (χ3v) is 5.11. The lowest BCUT2D eigenvalue weighted by molar-refractivity contribution is -0.0260. The van der Waals surface area contributed by atoms with Crippen LogP contribution in [0.4, 0.5) is 0 Å². The molecule has 0 saturated carbocycles. The molecule has 0 spiro atoms. The zero-order valence-electron chi connectivity index (χ0n) is 15.7. The minimum absolute atomic E-state index is 0.215. The number of fused-ring (bicyclic) bond motifs is 1. The number of amides is 2. The highest BCUT2D eigenvalue weighted by atomic mass is 16.5. The van der Waals surface area contributed by atoms with Crippen LogP contribution in [0.2, 0.25) is 0 Å². The van der Waals surface area contributed by atoms with Gasteiger partial charge in [-0.25, -0.2) is 0 Å². The van der Waals surface area contributed by atoms with E-state index in [-0.39, 0.29) is 18.6 Å². The van der Waals surface area contributed by atoms with Crippen LogP contribution in [0.5, 0.6) is 0 Å². The van der Waals surface area contributed by atoms with Crippen LogP contribution in [0.1, 0.15) is 32.7 Å². The Bertz CT molecular complexity index is 1040. The van der Waals surface area contributed by atoms with Gasteiger partial charge >= 0.3 is 0 Å². The molecule has 8 nitrogen and oxygen atoms in total. The minimum Gasteiger partial charge on any atom is -0.389 e. The Morgan fingerprint density at radius 2 is 2.07 bits per heavy atom. The Kier molecular flexibility index (Phi) is 5.28. The van der Waals surface area contributed by atoms with Gasteiger partial charge in [0.15, 0.2) is 0 Å². The molecule has 1 aliphatic rings. The summed E-state index contributed by atoms with van der Waals surface area (Å²) in [5.41, 5.74) is 8.57. The van der Waals surface area contributed by atoms with Gasteiger partial charge in [-0.3, -0.25) is 14.6 Å². The lowest BCUT2D eigenvalue weighted by Crippen LogP contribution is -2.48. The number of nitrogens with zero attached hydrogens (tertiary/aromatic N) is 2. The SMILES string of the molecule is NC(=O)c1ccc(Cn2cc(C(=O)N[C@H]3CCOC[C@@H]3O)c3ncccc32)cc1. The molecule has 0 aliphatic carbocycles. The number of primary amides is 1. The number of aliphatic hydroxyl groups excluding tert-OH is 1. The van der Waals surface area contributed by atoms with Crippen molar-refractivity contribution < 1.29 is 19.4 Å². The van der Waals surface area contributed by atoms with Crippen LogP contribution >= 0.6 is 0 Å². The van der Waals surface area contributed by atoms with E-state index in [2.05, 4.69) is 10.3 Å². The van der Waals surface area contributed by atoms with E-state index in [1.807, 2.05) is 28.8 Å². The Morgan fingerprint density at radius 1 is 1.28 bits per heavy atom. The van der Waals surface area contributed by atoms with Crippen LogP contribution < -0.4 is 11.1 Å². The second-order valence-electron chi connectivity index (χ2n) is 7.11. The Hall–Kier alpha value is -3.23. The van der Waals surface area contributed by atoms with Crippen molar-refractivity contribution in [3.05, 3.63) is 65.5 Å². The van der Waals surface area contributed by atoms with Gasteiger partial charge in [0.2, 0.25) is 5.91 Å². The number of aliphatic hydroxyl groups is 1. The van der Waals surface area contributed by atoms with E-state index in [4.69, 9.17) is 10.5 Å². The number of nitrogens with one attached hydrogen (secondary N) is 1. The number of carbonyl (C=O) groups excluding carboxylic acids is 2. The van der Waals surface area contributed by atoms with Crippen LogP contribution in [-0.4, -0.2) is 51.8 Å². The maximum atomic E-state index is 12.9. The number of benzene rings is 1. The van der Waals surface area contributed by atoms with Crippen molar-refractivity contribution in [3.63, 3.8) is 0 Å². The first-order valence-electron chi connectivity index (χ1n) is 9.42. The minimum atomic E-state index is -0.724. The first-order valence-corrected chi connectivity index (χ1v) is 9.42. The van der Waals surface area contributed by atoms with Crippen molar-refractivity contribution in [3.8, 4) is 0 Å². The molecule has 3 aromatic rings. The van der Waals surface area contributed by atoms with Gasteiger partial charge in [-0.1, -0.05) is 12.1 Å². The van der Waals surface area contributed by atoms with E-state index in [9.17, 15) is 14.7 Å². The second-order valence-corrected chi connectivity index (χ2v) is 7.11. The van der Waals surface area contributed by atoms with E-state index in [1.165, 1.54) is 0 Å².